The summed E-state index contributed by atoms with van der Waals surface area (Å²) < 4.78 is 17.7. The number of nitrogens with zero attached hydrogens (tertiary/aromatic N) is 2. The Labute approximate surface area is 212 Å². The van der Waals surface area contributed by atoms with Gasteiger partial charge in [0.1, 0.15) is 0 Å². The second-order valence-corrected chi connectivity index (χ2v) is 22.6. The molecule has 0 fully saturated rings. The monoisotopic (exact) mass is 554 g/mol. The first-order valence-corrected chi connectivity index (χ1v) is 20.1. The average molecular weight is 553 g/mol. The molecular weight excluding hydrogens is 521 g/mol. The average Bonchev–Trinajstić information content (AvgIpc) is 3.21. The van der Waals surface area contributed by atoms with E-state index in [1.165, 1.54) is 5.56 Å². The number of hydrogen-bond acceptors (Lipinski definition) is 7. The predicted molar refractivity (Wildman–Crippen MR) is 139 cm³/mol. The van der Waals surface area contributed by atoms with Gasteiger partial charge in [-0.1, -0.05) is 0 Å². The van der Waals surface area contributed by atoms with E-state index in [0.29, 0.717) is 29.1 Å². The first-order chi connectivity index (χ1) is 17.1. The summed E-state index contributed by atoms with van der Waals surface area (Å²) in [6, 6.07) is 7.58. The number of aromatic nitrogens is 2. The van der Waals surface area contributed by atoms with E-state index in [0.717, 1.165) is 33.8 Å². The van der Waals surface area contributed by atoms with Gasteiger partial charge in [-0.2, -0.15) is 0 Å². The molecule has 190 valence electrons. The van der Waals surface area contributed by atoms with E-state index in [4.69, 9.17) is 19.2 Å². The van der Waals surface area contributed by atoms with Crippen molar-refractivity contribution in [3.05, 3.63) is 56.9 Å². The second kappa shape index (κ2) is 9.01. The molecule has 0 saturated heterocycles. The van der Waals surface area contributed by atoms with Crippen molar-refractivity contribution in [2.75, 3.05) is 13.9 Å². The standard InChI is InChI=1S/C27H32GeN2O6/c1-6-27(33)21-12-23-24-19(13-30(23)25(31)20(21)14-35-26(27)32)17(9-10-28(2,3)4)18-11-16(36-15-34-5)7-8-22(18)29-24/h7-8,11-12,33H,6,9-10,13-15H2,1-5H3/t27-/m0/s1. The van der Waals surface area contributed by atoms with E-state index in [1.54, 1.807) is 24.7 Å². The number of aliphatic hydroxyl groups is 1. The van der Waals surface area contributed by atoms with E-state index in [2.05, 4.69) is 17.3 Å². The number of rotatable bonds is 7. The fourth-order valence-corrected chi connectivity index (χ4v) is 7.24. The molecule has 4 heterocycles. The van der Waals surface area contributed by atoms with E-state index in [9.17, 15) is 14.7 Å². The van der Waals surface area contributed by atoms with Crippen molar-refractivity contribution in [1.29, 1.82) is 0 Å². The van der Waals surface area contributed by atoms with Gasteiger partial charge in [-0.15, -0.1) is 0 Å². The number of benzene rings is 1. The van der Waals surface area contributed by atoms with E-state index >= 15 is 0 Å². The summed E-state index contributed by atoms with van der Waals surface area (Å²) in [5, 5.41) is 13.3. The molecule has 2 aliphatic heterocycles. The molecule has 1 aromatic carbocycles. The zero-order chi connectivity index (χ0) is 25.8. The Kier molecular flexibility index (Phi) is 6.25. The molecule has 2 aromatic heterocycles. The van der Waals surface area contributed by atoms with Crippen LogP contribution in [0.15, 0.2) is 29.1 Å². The zero-order valence-electron chi connectivity index (χ0n) is 21.4. The molecule has 0 radical (unpaired) electrons. The van der Waals surface area contributed by atoms with Crippen molar-refractivity contribution in [3.8, 4) is 17.1 Å². The van der Waals surface area contributed by atoms with Crippen LogP contribution in [0.25, 0.3) is 22.3 Å². The SMILES string of the molecule is CC[C@@]1(O)C(=O)OCc2c1cc1n(c2=O)Cc2c-1nc1ccc(OCOC)cc1c2C[CH2][Ge]([CH3])([CH3])[CH3]. The maximum absolute atomic E-state index is 13.6. The van der Waals surface area contributed by atoms with Crippen LogP contribution in [0.2, 0.25) is 22.5 Å². The number of ether oxygens (including phenoxy) is 3. The van der Waals surface area contributed by atoms with E-state index < -0.39 is 24.8 Å². The van der Waals surface area contributed by atoms with Crippen LogP contribution in [0.3, 0.4) is 0 Å². The number of cyclic esters (lactones) is 1. The van der Waals surface area contributed by atoms with Gasteiger partial charge in [0.05, 0.1) is 0 Å². The van der Waals surface area contributed by atoms with Gasteiger partial charge in [0.2, 0.25) is 0 Å². The van der Waals surface area contributed by atoms with Crippen molar-refractivity contribution in [1.82, 2.24) is 9.55 Å². The third-order valence-electron chi connectivity index (χ3n) is 7.25. The van der Waals surface area contributed by atoms with Gasteiger partial charge in [-0.3, -0.25) is 0 Å². The number of esters is 1. The Morgan fingerprint density at radius 3 is 2.67 bits per heavy atom. The molecule has 0 unspecified atom stereocenters. The summed E-state index contributed by atoms with van der Waals surface area (Å²) >= 11 is -1.88. The summed E-state index contributed by atoms with van der Waals surface area (Å²) in [4.78, 5) is 31.0. The minimum absolute atomic E-state index is 0.118. The summed E-state index contributed by atoms with van der Waals surface area (Å²) in [5.74, 6) is 7.18. The number of carbonyl (C=O) groups excluding carboxylic acids is 1. The number of carbonyl (C=O) groups is 1. The predicted octanol–water partition coefficient (Wildman–Crippen LogP) is 3.94. The van der Waals surface area contributed by atoms with Gasteiger partial charge in [-0.05, 0) is 0 Å². The van der Waals surface area contributed by atoms with Crippen molar-refractivity contribution in [2.24, 2.45) is 0 Å². The normalized spacial score (nSPS) is 18.6. The Balaban J connectivity index is 1.73. The molecule has 3 aromatic rings. The van der Waals surface area contributed by atoms with E-state index in [1.807, 2.05) is 18.2 Å². The van der Waals surface area contributed by atoms with Gasteiger partial charge in [-0.25, -0.2) is 0 Å². The van der Waals surface area contributed by atoms with Crippen LogP contribution in [-0.2, 0) is 39.4 Å². The summed E-state index contributed by atoms with van der Waals surface area (Å²) in [6.45, 7) is 2.13. The van der Waals surface area contributed by atoms with E-state index in [-0.39, 0.29) is 25.4 Å². The molecule has 9 heteroatoms. The van der Waals surface area contributed by atoms with Crippen LogP contribution >= 0.6 is 0 Å². The van der Waals surface area contributed by atoms with Crippen molar-refractivity contribution in [2.45, 2.75) is 61.0 Å². The molecular formula is C27H32GeN2O6. The summed E-state index contributed by atoms with van der Waals surface area (Å²) in [6.07, 6.45) is 1.01. The minimum atomic E-state index is -1.88. The molecule has 1 atom stereocenters. The van der Waals surface area contributed by atoms with Crippen LogP contribution in [-0.4, -0.2) is 47.8 Å². The van der Waals surface area contributed by atoms with Gasteiger partial charge in [0.25, 0.3) is 0 Å². The Hall–Kier alpha value is -2.69. The molecule has 0 bridgehead atoms. The molecule has 8 nitrogen and oxygen atoms in total. The first-order valence-electron chi connectivity index (χ1n) is 12.3. The summed E-state index contributed by atoms with van der Waals surface area (Å²) in [5.41, 5.74) is 2.98. The quantitative estimate of drug-likeness (QED) is 0.210. The molecule has 1 N–H and O–H groups in total. The molecule has 5 rings (SSSR count). The Morgan fingerprint density at radius 2 is 1.97 bits per heavy atom. The molecule has 0 amide bonds. The number of aryl methyl sites for hydroxylation is 1. The molecule has 36 heavy (non-hydrogen) atoms. The number of fused-ring (bicyclic) bond motifs is 5. The first kappa shape index (κ1) is 25.0. The van der Waals surface area contributed by atoms with Crippen molar-refractivity contribution in [3.63, 3.8) is 0 Å². The zero-order valence-corrected chi connectivity index (χ0v) is 23.5. The molecule has 0 aliphatic carbocycles. The van der Waals surface area contributed by atoms with Crippen LogP contribution in [0.4, 0.5) is 0 Å². The van der Waals surface area contributed by atoms with Crippen molar-refractivity contribution < 1.29 is 24.1 Å². The number of hydrogen-bond donors (Lipinski definition) is 1. The Morgan fingerprint density at radius 1 is 1.19 bits per heavy atom. The third kappa shape index (κ3) is 4.05. The topological polar surface area (TPSA) is 99.9 Å². The number of methoxy groups -OCH3 is 1. The molecule has 0 spiro atoms. The van der Waals surface area contributed by atoms with Crippen LogP contribution < -0.4 is 10.3 Å². The second-order valence-electron chi connectivity index (χ2n) is 10.8. The number of pyridine rings is 2. The van der Waals surface area contributed by atoms with Gasteiger partial charge >= 0.3 is 213 Å². The molecule has 0 saturated carbocycles. The van der Waals surface area contributed by atoms with Gasteiger partial charge in [0.15, 0.2) is 0 Å². The van der Waals surface area contributed by atoms with Crippen molar-refractivity contribution >= 4 is 30.1 Å². The maximum atomic E-state index is 13.6. The van der Waals surface area contributed by atoms with Crippen LogP contribution in [0, 0.1) is 0 Å². The Bertz CT molecular complexity index is 1440. The fourth-order valence-electron chi connectivity index (χ4n) is 5.14. The summed E-state index contributed by atoms with van der Waals surface area (Å²) in [7, 11) is 1.59. The van der Waals surface area contributed by atoms with Gasteiger partial charge < -0.3 is 0 Å². The van der Waals surface area contributed by atoms with Gasteiger partial charge in [0, 0.05) is 0 Å². The fraction of sp³-hybridized carbons (Fsp3) is 0.444. The van der Waals surface area contributed by atoms with Crippen LogP contribution in [0.5, 0.6) is 5.75 Å². The third-order valence-corrected chi connectivity index (χ3v) is 10.9. The molecule has 2 aliphatic rings. The van der Waals surface area contributed by atoms with Crippen LogP contribution in [0.1, 0.15) is 35.6 Å².